The summed E-state index contributed by atoms with van der Waals surface area (Å²) in [5, 5.41) is 2.94. The molecule has 2 fully saturated rings. The summed E-state index contributed by atoms with van der Waals surface area (Å²) < 4.78 is 11.7. The van der Waals surface area contributed by atoms with Crippen molar-refractivity contribution in [2.45, 2.75) is 44.9 Å². The minimum Gasteiger partial charge on any atom is -0.497 e. The third-order valence-electron chi connectivity index (χ3n) is 5.91. The summed E-state index contributed by atoms with van der Waals surface area (Å²) in [6, 6.07) is 17.9. The van der Waals surface area contributed by atoms with Gasteiger partial charge in [-0.1, -0.05) is 34.1 Å². The van der Waals surface area contributed by atoms with Gasteiger partial charge in [-0.25, -0.2) is 4.79 Å². The molecule has 1 N–H and O–H groups in total. The lowest BCUT2D eigenvalue weighted by molar-refractivity contribution is -0.151. The number of ether oxygens (including phenoxy) is 2. The second kappa shape index (κ2) is 12.0. The fourth-order valence-corrected chi connectivity index (χ4v) is 4.48. The van der Waals surface area contributed by atoms with Gasteiger partial charge in [-0.3, -0.25) is 9.69 Å². The number of benzene rings is 2. The van der Waals surface area contributed by atoms with E-state index < -0.39 is 0 Å². The van der Waals surface area contributed by atoms with Crippen LogP contribution in [0, 0.1) is 0 Å². The Hall–Kier alpha value is -2.58. The standard InChI is InChI=1S/C19H27N3O4.C6H5Br/c1-13-10-16-11-21(9-8-18(12-22(13)16)26-14(2)23)19(24)20-15-4-6-17(25-3)7-5-15;7-6-4-2-1-3-5-6/h4-7,13,16,18H,8-12H2,1-3H3,(H,20,24);1-5H/t13-,16-,18?;/m1./s1. The van der Waals surface area contributed by atoms with Gasteiger partial charge in [0.15, 0.2) is 0 Å². The van der Waals surface area contributed by atoms with Crippen molar-refractivity contribution in [1.29, 1.82) is 0 Å². The van der Waals surface area contributed by atoms with Crippen LogP contribution in [0.3, 0.4) is 0 Å². The van der Waals surface area contributed by atoms with Crippen molar-refractivity contribution in [3.8, 4) is 5.75 Å². The van der Waals surface area contributed by atoms with E-state index in [4.69, 9.17) is 9.47 Å². The van der Waals surface area contributed by atoms with Crippen molar-refractivity contribution >= 4 is 33.6 Å². The van der Waals surface area contributed by atoms with Gasteiger partial charge >= 0.3 is 12.0 Å². The number of anilines is 1. The lowest BCUT2D eigenvalue weighted by Crippen LogP contribution is -2.63. The maximum absolute atomic E-state index is 12.7. The maximum Gasteiger partial charge on any atom is 0.321 e. The van der Waals surface area contributed by atoms with Crippen LogP contribution >= 0.6 is 15.9 Å². The average Bonchev–Trinajstić information content (AvgIpc) is 2.79. The zero-order chi connectivity index (χ0) is 23.8. The topological polar surface area (TPSA) is 71.1 Å². The molecule has 2 aliphatic heterocycles. The molecule has 2 heterocycles. The molecule has 2 amide bonds. The summed E-state index contributed by atoms with van der Waals surface area (Å²) in [6.07, 6.45) is 1.53. The third-order valence-corrected chi connectivity index (χ3v) is 6.44. The number of hydrogen-bond acceptors (Lipinski definition) is 5. The molecule has 178 valence electrons. The number of hydrogen-bond donors (Lipinski definition) is 1. The molecule has 2 aromatic rings. The van der Waals surface area contributed by atoms with E-state index in [1.807, 2.05) is 59.5 Å². The predicted molar refractivity (Wildman–Crippen MR) is 132 cm³/mol. The first-order valence-corrected chi connectivity index (χ1v) is 12.0. The maximum atomic E-state index is 12.7. The van der Waals surface area contributed by atoms with Gasteiger partial charge in [0.1, 0.15) is 11.9 Å². The average molecular weight is 518 g/mol. The van der Waals surface area contributed by atoms with E-state index in [0.717, 1.165) is 28.9 Å². The Labute approximate surface area is 204 Å². The van der Waals surface area contributed by atoms with Gasteiger partial charge in [0.05, 0.1) is 7.11 Å². The number of nitrogens with zero attached hydrogens (tertiary/aromatic N) is 2. The minimum atomic E-state index is -0.269. The van der Waals surface area contributed by atoms with Crippen LogP contribution < -0.4 is 10.1 Å². The molecular formula is C25H32BrN3O4. The lowest BCUT2D eigenvalue weighted by atomic mass is 9.91. The van der Waals surface area contributed by atoms with Crippen LogP contribution in [0.1, 0.15) is 26.7 Å². The highest BCUT2D eigenvalue weighted by Crippen LogP contribution is 2.29. The second-order valence-electron chi connectivity index (χ2n) is 8.36. The molecule has 33 heavy (non-hydrogen) atoms. The van der Waals surface area contributed by atoms with E-state index in [-0.39, 0.29) is 18.1 Å². The number of halogens is 1. The first-order chi connectivity index (χ1) is 15.9. The van der Waals surface area contributed by atoms with E-state index in [2.05, 4.69) is 33.1 Å². The summed E-state index contributed by atoms with van der Waals surface area (Å²) >= 11 is 3.31. The number of amides is 2. The molecule has 3 atom stereocenters. The van der Waals surface area contributed by atoms with Gasteiger partial charge in [-0.15, -0.1) is 0 Å². The van der Waals surface area contributed by atoms with Gasteiger partial charge in [0.2, 0.25) is 0 Å². The summed E-state index contributed by atoms with van der Waals surface area (Å²) in [4.78, 5) is 28.3. The first-order valence-electron chi connectivity index (χ1n) is 11.2. The summed E-state index contributed by atoms with van der Waals surface area (Å²) in [7, 11) is 1.61. The second-order valence-corrected chi connectivity index (χ2v) is 9.27. The number of methoxy groups -OCH3 is 1. The van der Waals surface area contributed by atoms with E-state index in [9.17, 15) is 9.59 Å². The highest BCUT2D eigenvalue weighted by molar-refractivity contribution is 9.10. The first kappa shape index (κ1) is 25.1. The fraction of sp³-hybridized carbons (Fsp3) is 0.440. The molecule has 7 nitrogen and oxygen atoms in total. The van der Waals surface area contributed by atoms with Crippen molar-refractivity contribution in [3.05, 3.63) is 59.1 Å². The molecule has 1 unspecified atom stereocenters. The molecule has 0 saturated carbocycles. The van der Waals surface area contributed by atoms with E-state index in [0.29, 0.717) is 31.6 Å². The number of carbonyl (C=O) groups excluding carboxylic acids is 2. The predicted octanol–water partition coefficient (Wildman–Crippen LogP) is 4.78. The van der Waals surface area contributed by atoms with Crippen LogP contribution in [-0.4, -0.2) is 66.7 Å². The zero-order valence-corrected chi connectivity index (χ0v) is 21.0. The molecule has 0 bridgehead atoms. The van der Waals surface area contributed by atoms with Gasteiger partial charge in [0, 0.05) is 55.2 Å². The normalized spacial score (nSPS) is 22.3. The minimum absolute atomic E-state index is 0.127. The Morgan fingerprint density at radius 2 is 1.76 bits per heavy atom. The molecule has 2 aromatic carbocycles. The van der Waals surface area contributed by atoms with E-state index in [1.165, 1.54) is 6.92 Å². The molecular weight excluding hydrogens is 486 g/mol. The van der Waals surface area contributed by atoms with Crippen molar-refractivity contribution in [2.75, 3.05) is 32.1 Å². The zero-order valence-electron chi connectivity index (χ0n) is 19.4. The summed E-state index contributed by atoms with van der Waals surface area (Å²) in [5.74, 6) is 0.479. The Morgan fingerprint density at radius 1 is 1.06 bits per heavy atom. The monoisotopic (exact) mass is 517 g/mol. The highest BCUT2D eigenvalue weighted by Gasteiger charge is 2.40. The number of rotatable bonds is 3. The third kappa shape index (κ3) is 7.47. The largest absolute Gasteiger partial charge is 0.497 e. The number of fused-ring (bicyclic) bond motifs is 1. The highest BCUT2D eigenvalue weighted by atomic mass is 79.9. The molecule has 2 aliphatic rings. The molecule has 0 aromatic heterocycles. The fourth-order valence-electron chi connectivity index (χ4n) is 4.17. The van der Waals surface area contributed by atoms with Gasteiger partial charge in [-0.05, 0) is 49.7 Å². The molecule has 0 radical (unpaired) electrons. The number of urea groups is 1. The lowest BCUT2D eigenvalue weighted by Gasteiger charge is -2.51. The quantitative estimate of drug-likeness (QED) is 0.593. The van der Waals surface area contributed by atoms with Gasteiger partial charge < -0.3 is 19.7 Å². The van der Waals surface area contributed by atoms with Crippen LogP contribution in [0.15, 0.2) is 59.1 Å². The Kier molecular flexibility index (Phi) is 9.14. The van der Waals surface area contributed by atoms with Crippen molar-refractivity contribution in [3.63, 3.8) is 0 Å². The van der Waals surface area contributed by atoms with Crippen LogP contribution in [0.5, 0.6) is 5.75 Å². The van der Waals surface area contributed by atoms with Crippen LogP contribution in [0.4, 0.5) is 10.5 Å². The molecule has 2 saturated heterocycles. The van der Waals surface area contributed by atoms with Crippen LogP contribution in [0.2, 0.25) is 0 Å². The molecule has 0 aliphatic carbocycles. The number of carbonyl (C=O) groups is 2. The van der Waals surface area contributed by atoms with Crippen molar-refractivity contribution in [2.24, 2.45) is 0 Å². The Bertz CT molecular complexity index is 910. The van der Waals surface area contributed by atoms with Crippen molar-refractivity contribution in [1.82, 2.24) is 9.80 Å². The Morgan fingerprint density at radius 3 is 2.30 bits per heavy atom. The molecule has 0 spiro atoms. The Balaban J connectivity index is 0.000000374. The van der Waals surface area contributed by atoms with Gasteiger partial charge in [-0.2, -0.15) is 0 Å². The number of esters is 1. The summed E-state index contributed by atoms with van der Waals surface area (Å²) in [6.45, 7) is 5.62. The summed E-state index contributed by atoms with van der Waals surface area (Å²) in [5.41, 5.74) is 0.730. The number of nitrogens with one attached hydrogen (secondary N) is 1. The van der Waals surface area contributed by atoms with Crippen LogP contribution in [0.25, 0.3) is 0 Å². The van der Waals surface area contributed by atoms with E-state index in [1.54, 1.807) is 7.11 Å². The smallest absolute Gasteiger partial charge is 0.321 e. The van der Waals surface area contributed by atoms with Crippen LogP contribution in [-0.2, 0) is 9.53 Å². The molecule has 8 heteroatoms. The molecule has 4 rings (SSSR count). The SMILES string of the molecule is Brc1ccccc1.COc1ccc(NC(=O)N2CCC(OC(C)=O)CN3[C@H](C[C@H]3C)C2)cc1. The van der Waals surface area contributed by atoms with Gasteiger partial charge in [0.25, 0.3) is 0 Å². The van der Waals surface area contributed by atoms with E-state index >= 15 is 0 Å². The van der Waals surface area contributed by atoms with Crippen molar-refractivity contribution < 1.29 is 19.1 Å².